The van der Waals surface area contributed by atoms with Gasteiger partial charge in [-0.05, 0) is 12.1 Å². The van der Waals surface area contributed by atoms with Gasteiger partial charge in [0.2, 0.25) is 0 Å². The van der Waals surface area contributed by atoms with Gasteiger partial charge in [-0.2, -0.15) is 0 Å². The number of rotatable bonds is 6. The molecule has 11 heteroatoms. The first-order chi connectivity index (χ1) is 22.0. The number of nitrogens with two attached hydrogens (primary N) is 1. The summed E-state index contributed by atoms with van der Waals surface area (Å²) in [6, 6.07) is 12.4. The molecule has 0 spiro atoms. The Kier molecular flexibility index (Phi) is 6.80. The van der Waals surface area contributed by atoms with Crippen LogP contribution in [0.5, 0.6) is 0 Å². The number of anilines is 2. The zero-order valence-corrected chi connectivity index (χ0v) is 28.8. The van der Waals surface area contributed by atoms with E-state index in [0.717, 1.165) is 50.3 Å². The van der Waals surface area contributed by atoms with Crippen molar-refractivity contribution in [3.63, 3.8) is 0 Å². The summed E-state index contributed by atoms with van der Waals surface area (Å²) in [5, 5.41) is 2.81. The van der Waals surface area contributed by atoms with Gasteiger partial charge in [0.05, 0.1) is 0 Å². The average molecular weight is 824 g/mol. The molecule has 9 nitrogen and oxygen atoms in total. The molecule has 4 aromatic rings. The first-order valence-electron chi connectivity index (χ1n) is 15.5. The first-order valence-corrected chi connectivity index (χ1v) is 22.3. The quantitative estimate of drug-likeness (QED) is 0.172. The molecule has 6 unspecified atom stereocenters. The van der Waals surface area contributed by atoms with Crippen molar-refractivity contribution in [2.75, 3.05) is 26.5 Å². The molecule has 2 amide bonds. The number of halogens is 2. The van der Waals surface area contributed by atoms with Crippen LogP contribution >= 0.6 is 19.8 Å². The number of likely N-dealkylation sites (tertiary alicyclic amines) is 1. The average Bonchev–Trinajstić information content (AvgIpc) is 3.82. The Morgan fingerprint density at radius 3 is 2.80 bits per heavy atom. The maximum atomic E-state index is 13.4. The van der Waals surface area contributed by atoms with E-state index in [1.54, 1.807) is 36.7 Å². The summed E-state index contributed by atoms with van der Waals surface area (Å²) in [5.41, 5.74) is 9.09. The number of nitrogens with zero attached hydrogens (tertiary/aromatic N) is 5. The van der Waals surface area contributed by atoms with Gasteiger partial charge in [0.25, 0.3) is 5.91 Å². The Balaban J connectivity index is 0.921. The van der Waals surface area contributed by atoms with E-state index in [-0.39, 0.29) is 17.9 Å². The van der Waals surface area contributed by atoms with Crippen LogP contribution in [0.2, 0.25) is 0 Å². The van der Waals surface area contributed by atoms with Crippen molar-refractivity contribution in [2.24, 2.45) is 17.8 Å². The Bertz CT molecular complexity index is 1900. The van der Waals surface area contributed by atoms with Crippen LogP contribution in [0.15, 0.2) is 61.1 Å². The molecule has 230 valence electrons. The van der Waals surface area contributed by atoms with Crippen molar-refractivity contribution in [1.82, 2.24) is 24.3 Å². The number of fused-ring (bicyclic) bond motifs is 5. The standard InChI is InChI=1S/C34H32I2N7O2/c37-32-31-30(19-8-10-20(11-9-19)34(45)40-25-6-1-2-13-38-25)41-33(43(31)16-14-39-32)24-5-4-15-42(24)26(44)7-3-12-36-18-23(36)21-17-22-27(21)29-28(22)35-29/h1-2,6,8-11,13-14,16,21-24,27-29H,4-5,12,15,17-18H2,(H2,37,39)(H,38,40,45)/q-1/t21?,22?,23?,24-,27?,28?,29?/m0/s1. The summed E-state index contributed by atoms with van der Waals surface area (Å²) in [4.78, 5) is 41.7. The Labute approximate surface area is 278 Å². The number of carbonyl (C=O) groups is 2. The third-order valence-corrected chi connectivity index (χ3v) is 20.2. The van der Waals surface area contributed by atoms with Gasteiger partial charge in [-0.1, -0.05) is 6.07 Å². The van der Waals surface area contributed by atoms with E-state index in [1.807, 2.05) is 33.7 Å². The second-order valence-corrected chi connectivity index (χ2v) is 22.2. The van der Waals surface area contributed by atoms with Gasteiger partial charge in [-0.25, -0.2) is 4.98 Å². The first kappa shape index (κ1) is 28.0. The molecule has 6 heterocycles. The summed E-state index contributed by atoms with van der Waals surface area (Å²) in [6.07, 6.45) is 8.40. The molecule has 9 rings (SSSR count). The number of carbonyl (C=O) groups excluding carboxylic acids is 2. The maximum absolute atomic E-state index is 13.4. The van der Waals surface area contributed by atoms with E-state index in [9.17, 15) is 9.59 Å². The van der Waals surface area contributed by atoms with Crippen molar-refractivity contribution >= 4 is 48.8 Å². The molecule has 3 aliphatic heterocycles. The molecule has 3 aromatic heterocycles. The summed E-state index contributed by atoms with van der Waals surface area (Å²) >= 11 is -0.367. The molecule has 2 aliphatic carbocycles. The predicted octanol–water partition coefficient (Wildman–Crippen LogP) is 1.29. The minimum absolute atomic E-state index is 0.0938. The number of hydrogen-bond acceptors (Lipinski definition) is 6. The van der Waals surface area contributed by atoms with Gasteiger partial charge < -0.3 is 5.32 Å². The molecule has 2 saturated carbocycles. The van der Waals surface area contributed by atoms with Gasteiger partial charge in [-0.3, -0.25) is 4.79 Å². The molecular formula is C34H32I2N7O2-. The van der Waals surface area contributed by atoms with E-state index in [4.69, 9.17) is 10.7 Å². The molecule has 5 aliphatic rings. The van der Waals surface area contributed by atoms with Crippen molar-refractivity contribution in [2.45, 2.75) is 37.1 Å². The molecule has 45 heavy (non-hydrogen) atoms. The number of nitrogens with one attached hydrogen (secondary N) is 1. The fraction of sp³-hybridized carbons (Fsp3) is 0.382. The number of alkyl halides is 5. The number of amides is 2. The van der Waals surface area contributed by atoms with E-state index in [0.29, 0.717) is 56.2 Å². The summed E-state index contributed by atoms with van der Waals surface area (Å²) in [5.74, 6) is 11.0. The topological polar surface area (TPSA) is 119 Å². The van der Waals surface area contributed by atoms with Crippen molar-refractivity contribution < 1.29 is 30.8 Å². The van der Waals surface area contributed by atoms with Crippen LogP contribution in [-0.2, 0) is 4.79 Å². The molecule has 0 bridgehead atoms. The van der Waals surface area contributed by atoms with Crippen LogP contribution in [0.4, 0.5) is 11.6 Å². The Morgan fingerprint density at radius 1 is 1.09 bits per heavy atom. The Hall–Kier alpha value is -3.25. The summed E-state index contributed by atoms with van der Waals surface area (Å²) < 4.78 is 7.90. The van der Waals surface area contributed by atoms with Crippen LogP contribution in [-0.4, -0.2) is 63.2 Å². The molecule has 0 radical (unpaired) electrons. The van der Waals surface area contributed by atoms with Gasteiger partial charge in [0.1, 0.15) is 5.82 Å². The van der Waals surface area contributed by atoms with Crippen molar-refractivity contribution in [1.29, 1.82) is 0 Å². The van der Waals surface area contributed by atoms with Gasteiger partial charge in [0, 0.05) is 11.8 Å². The zero-order valence-electron chi connectivity index (χ0n) is 24.4. The van der Waals surface area contributed by atoms with Gasteiger partial charge in [0.15, 0.2) is 0 Å². The second kappa shape index (κ2) is 10.9. The fourth-order valence-corrected chi connectivity index (χ4v) is 19.0. The van der Waals surface area contributed by atoms with Crippen molar-refractivity contribution in [3.8, 4) is 23.1 Å². The van der Waals surface area contributed by atoms with Crippen LogP contribution in [0.1, 0.15) is 41.5 Å². The third-order valence-electron chi connectivity index (χ3n) is 10.1. The monoisotopic (exact) mass is 824 g/mol. The van der Waals surface area contributed by atoms with Crippen LogP contribution in [0, 0.1) is 29.6 Å². The number of pyridine rings is 1. The van der Waals surface area contributed by atoms with Crippen LogP contribution < -0.4 is 32.3 Å². The summed E-state index contributed by atoms with van der Waals surface area (Å²) in [6.45, 7) is 0.671. The van der Waals surface area contributed by atoms with Crippen LogP contribution in [0.3, 0.4) is 0 Å². The molecule has 5 fully saturated rings. The number of aromatic nitrogens is 4. The number of nitrogen functional groups attached to an aromatic ring is 1. The zero-order chi connectivity index (χ0) is 30.2. The number of hydrogen-bond donors (Lipinski definition) is 2. The van der Waals surface area contributed by atoms with E-state index >= 15 is 0 Å². The second-order valence-electron chi connectivity index (χ2n) is 12.5. The van der Waals surface area contributed by atoms with Gasteiger partial charge >= 0.3 is 224 Å². The van der Waals surface area contributed by atoms with E-state index in [2.05, 4.69) is 27.1 Å². The Morgan fingerprint density at radius 2 is 1.98 bits per heavy atom. The number of imidazole rings is 1. The van der Waals surface area contributed by atoms with E-state index < -0.39 is 19.8 Å². The van der Waals surface area contributed by atoms with Gasteiger partial charge in [-0.15, -0.1) is 0 Å². The van der Waals surface area contributed by atoms with Crippen molar-refractivity contribution in [3.05, 3.63) is 72.4 Å². The molecular weight excluding hydrogens is 792 g/mol. The third kappa shape index (κ3) is 4.81. The molecule has 3 saturated heterocycles. The number of benzene rings is 1. The SMILES string of the molecule is Nc1nccn2c([C@@H]3CCCN3C(=O)C#CCI3CC3C3CC4C5[I-]C5C43)nc(-c3ccc(C(=O)Nc4ccccn4)cc3)c12. The minimum atomic E-state index is -0.952. The molecule has 7 atom stereocenters. The summed E-state index contributed by atoms with van der Waals surface area (Å²) in [7, 11) is 0. The predicted molar refractivity (Wildman–Crippen MR) is 177 cm³/mol. The van der Waals surface area contributed by atoms with Crippen LogP contribution in [0.25, 0.3) is 16.8 Å². The molecule has 3 N–H and O–H groups in total. The van der Waals surface area contributed by atoms with E-state index in [1.165, 1.54) is 18.7 Å². The molecule has 1 aromatic carbocycles. The fourth-order valence-electron chi connectivity index (χ4n) is 7.69. The normalized spacial score (nSPS) is 29.6.